The standard InChI is InChI=1S/C25H26F3N7O/c26-25(27,28)18-4-7-22(30-11-18)34-13-17-12-33(10-8-21(17)31-34)24(36)16-32-14-19-5-6-20(15-32)35(19)23-3-1-2-9-29-23/h1-4,7,9,11,13,19-20H,5-6,8,10,12,14-16H2. The number of pyridine rings is 2. The Balaban J connectivity index is 1.09. The van der Waals surface area contributed by atoms with Gasteiger partial charge in [0.1, 0.15) is 5.82 Å². The molecule has 188 valence electrons. The van der Waals surface area contributed by atoms with Crippen LogP contribution >= 0.6 is 0 Å². The summed E-state index contributed by atoms with van der Waals surface area (Å²) in [5, 5.41) is 4.50. The van der Waals surface area contributed by atoms with Crippen LogP contribution in [-0.4, -0.2) is 73.7 Å². The highest BCUT2D eigenvalue weighted by atomic mass is 19.4. The summed E-state index contributed by atoms with van der Waals surface area (Å²) in [5.41, 5.74) is 0.952. The van der Waals surface area contributed by atoms with E-state index >= 15 is 0 Å². The van der Waals surface area contributed by atoms with Crippen LogP contribution in [0.15, 0.2) is 48.9 Å². The molecule has 3 aliphatic rings. The van der Waals surface area contributed by atoms with Crippen LogP contribution in [0.25, 0.3) is 5.82 Å². The molecule has 2 unspecified atom stereocenters. The zero-order chi connectivity index (χ0) is 24.9. The van der Waals surface area contributed by atoms with E-state index in [4.69, 9.17) is 0 Å². The number of hydrogen-bond donors (Lipinski definition) is 0. The second-order valence-electron chi connectivity index (χ2n) is 9.69. The molecule has 6 heterocycles. The van der Waals surface area contributed by atoms with Gasteiger partial charge < -0.3 is 9.80 Å². The Morgan fingerprint density at radius 2 is 1.83 bits per heavy atom. The van der Waals surface area contributed by atoms with Crippen LogP contribution in [0, 0.1) is 0 Å². The fraction of sp³-hybridized carbons (Fsp3) is 0.440. The maximum absolute atomic E-state index is 13.2. The normalized spacial score (nSPS) is 22.1. The van der Waals surface area contributed by atoms with E-state index in [2.05, 4.69) is 30.9 Å². The molecule has 0 aliphatic carbocycles. The van der Waals surface area contributed by atoms with E-state index in [1.165, 1.54) is 10.7 Å². The summed E-state index contributed by atoms with van der Waals surface area (Å²) in [6.07, 6.45) is 2.79. The van der Waals surface area contributed by atoms with Crippen LogP contribution in [-0.2, 0) is 23.9 Å². The largest absolute Gasteiger partial charge is 0.417 e. The minimum atomic E-state index is -4.43. The summed E-state index contributed by atoms with van der Waals surface area (Å²) in [6, 6.07) is 9.04. The Labute approximate surface area is 206 Å². The van der Waals surface area contributed by atoms with Crippen LogP contribution < -0.4 is 4.90 Å². The van der Waals surface area contributed by atoms with Crippen LogP contribution in [0.1, 0.15) is 29.7 Å². The van der Waals surface area contributed by atoms with E-state index in [0.717, 1.165) is 55.3 Å². The quantitative estimate of drug-likeness (QED) is 0.552. The number of likely N-dealkylation sites (tertiary alicyclic amines) is 1. The third kappa shape index (κ3) is 4.32. The van der Waals surface area contributed by atoms with E-state index in [0.29, 0.717) is 44.0 Å². The molecule has 1 amide bonds. The maximum atomic E-state index is 13.2. The molecule has 0 spiro atoms. The fourth-order valence-corrected chi connectivity index (χ4v) is 5.62. The van der Waals surface area contributed by atoms with Gasteiger partial charge >= 0.3 is 6.18 Å². The molecule has 2 bridgehead atoms. The van der Waals surface area contributed by atoms with Crippen molar-refractivity contribution in [3.05, 3.63) is 65.7 Å². The number of piperazine rings is 1. The van der Waals surface area contributed by atoms with E-state index in [1.54, 1.807) is 6.20 Å². The Kier molecular flexibility index (Phi) is 5.66. The number of hydrogen-bond acceptors (Lipinski definition) is 6. The number of aromatic nitrogens is 4. The summed E-state index contributed by atoms with van der Waals surface area (Å²) in [6.45, 7) is 3.08. The number of carbonyl (C=O) groups is 1. The summed E-state index contributed by atoms with van der Waals surface area (Å²) >= 11 is 0. The number of alkyl halides is 3. The first-order valence-corrected chi connectivity index (χ1v) is 12.2. The first-order valence-electron chi connectivity index (χ1n) is 12.2. The first-order chi connectivity index (χ1) is 17.3. The van der Waals surface area contributed by atoms with E-state index < -0.39 is 11.7 Å². The molecule has 6 rings (SSSR count). The van der Waals surface area contributed by atoms with Crippen molar-refractivity contribution < 1.29 is 18.0 Å². The molecule has 36 heavy (non-hydrogen) atoms. The number of fused-ring (bicyclic) bond motifs is 3. The van der Waals surface area contributed by atoms with E-state index in [1.807, 2.05) is 23.2 Å². The SMILES string of the molecule is O=C(CN1CC2CCC(C1)N2c1ccccn1)N1CCc2nn(-c3ccc(C(F)(F)F)cn3)cc2C1. The van der Waals surface area contributed by atoms with Gasteiger partial charge in [-0.1, -0.05) is 6.07 Å². The lowest BCUT2D eigenvalue weighted by Gasteiger charge is -2.42. The zero-order valence-electron chi connectivity index (χ0n) is 19.6. The average molecular weight is 498 g/mol. The minimum Gasteiger partial charge on any atom is -0.348 e. The van der Waals surface area contributed by atoms with Gasteiger partial charge in [-0.05, 0) is 37.1 Å². The molecule has 2 fully saturated rings. The lowest BCUT2D eigenvalue weighted by atomic mass is 10.1. The van der Waals surface area contributed by atoms with Gasteiger partial charge in [-0.25, -0.2) is 14.6 Å². The van der Waals surface area contributed by atoms with Crippen molar-refractivity contribution in [1.82, 2.24) is 29.5 Å². The smallest absolute Gasteiger partial charge is 0.348 e. The van der Waals surface area contributed by atoms with Crippen molar-refractivity contribution >= 4 is 11.7 Å². The molecule has 2 atom stereocenters. The molecular formula is C25H26F3N7O. The maximum Gasteiger partial charge on any atom is 0.417 e. The van der Waals surface area contributed by atoms with Crippen molar-refractivity contribution in [1.29, 1.82) is 0 Å². The topological polar surface area (TPSA) is 70.4 Å². The third-order valence-corrected chi connectivity index (χ3v) is 7.35. The number of carbonyl (C=O) groups excluding carboxylic acids is 1. The van der Waals surface area contributed by atoms with Gasteiger partial charge in [-0.15, -0.1) is 0 Å². The predicted octanol–water partition coefficient (Wildman–Crippen LogP) is 2.92. The van der Waals surface area contributed by atoms with Crippen molar-refractivity contribution in [2.75, 3.05) is 31.1 Å². The number of anilines is 1. The lowest BCUT2D eigenvalue weighted by Crippen LogP contribution is -2.56. The van der Waals surface area contributed by atoms with Crippen LogP contribution in [0.4, 0.5) is 19.0 Å². The van der Waals surface area contributed by atoms with Gasteiger partial charge in [-0.3, -0.25) is 9.69 Å². The number of rotatable bonds is 4. The summed E-state index contributed by atoms with van der Waals surface area (Å²) in [4.78, 5) is 28.2. The molecular weight excluding hydrogens is 471 g/mol. The van der Waals surface area contributed by atoms with Gasteiger partial charge in [-0.2, -0.15) is 18.3 Å². The highest BCUT2D eigenvalue weighted by Gasteiger charge is 2.41. The molecule has 8 nitrogen and oxygen atoms in total. The van der Waals surface area contributed by atoms with Crippen molar-refractivity contribution in [2.45, 2.75) is 44.1 Å². The van der Waals surface area contributed by atoms with Gasteiger partial charge in [0.15, 0.2) is 5.82 Å². The van der Waals surface area contributed by atoms with E-state index in [9.17, 15) is 18.0 Å². The molecule has 0 N–H and O–H groups in total. The van der Waals surface area contributed by atoms with Gasteiger partial charge in [0.05, 0.1) is 17.8 Å². The first kappa shape index (κ1) is 23.0. The lowest BCUT2D eigenvalue weighted by molar-refractivity contribution is -0.138. The second-order valence-corrected chi connectivity index (χ2v) is 9.69. The third-order valence-electron chi connectivity index (χ3n) is 7.35. The number of nitrogens with zero attached hydrogens (tertiary/aromatic N) is 7. The predicted molar refractivity (Wildman–Crippen MR) is 125 cm³/mol. The van der Waals surface area contributed by atoms with Gasteiger partial charge in [0.25, 0.3) is 0 Å². The molecule has 3 aromatic rings. The molecule has 2 saturated heterocycles. The fourth-order valence-electron chi connectivity index (χ4n) is 5.62. The van der Waals surface area contributed by atoms with Crippen molar-refractivity contribution in [3.63, 3.8) is 0 Å². The Morgan fingerprint density at radius 1 is 1.03 bits per heavy atom. The van der Waals surface area contributed by atoms with Crippen molar-refractivity contribution in [3.8, 4) is 5.82 Å². The monoisotopic (exact) mass is 497 g/mol. The number of amides is 1. The molecule has 0 aromatic carbocycles. The number of halogens is 3. The zero-order valence-corrected chi connectivity index (χ0v) is 19.6. The summed E-state index contributed by atoms with van der Waals surface area (Å²) in [5.74, 6) is 1.42. The van der Waals surface area contributed by atoms with Gasteiger partial charge in [0.2, 0.25) is 5.91 Å². The minimum absolute atomic E-state index is 0.0896. The van der Waals surface area contributed by atoms with Crippen LogP contribution in [0.3, 0.4) is 0 Å². The highest BCUT2D eigenvalue weighted by Crippen LogP contribution is 2.34. The highest BCUT2D eigenvalue weighted by molar-refractivity contribution is 5.78. The van der Waals surface area contributed by atoms with Crippen molar-refractivity contribution in [2.24, 2.45) is 0 Å². The molecule has 3 aromatic heterocycles. The molecule has 11 heteroatoms. The molecule has 0 radical (unpaired) electrons. The Morgan fingerprint density at radius 3 is 2.50 bits per heavy atom. The van der Waals surface area contributed by atoms with Crippen LogP contribution in [0.5, 0.6) is 0 Å². The summed E-state index contributed by atoms with van der Waals surface area (Å²) < 4.78 is 40.0. The van der Waals surface area contributed by atoms with Crippen LogP contribution in [0.2, 0.25) is 0 Å². The second kappa shape index (κ2) is 8.88. The molecule has 0 saturated carbocycles. The van der Waals surface area contributed by atoms with E-state index in [-0.39, 0.29) is 5.91 Å². The summed E-state index contributed by atoms with van der Waals surface area (Å²) in [7, 11) is 0. The van der Waals surface area contributed by atoms with Gasteiger partial charge in [0, 0.05) is 68.8 Å². The Hall–Kier alpha value is -3.47. The Bertz CT molecular complexity index is 1230. The molecule has 3 aliphatic heterocycles. The average Bonchev–Trinajstić information content (AvgIpc) is 3.42.